The van der Waals surface area contributed by atoms with Crippen LogP contribution in [-0.4, -0.2) is 72.1 Å². The van der Waals surface area contributed by atoms with Gasteiger partial charge in [-0.15, -0.1) is 0 Å². The number of hydrogen-bond acceptors (Lipinski definition) is 8. The molecule has 3 atom stereocenters. The van der Waals surface area contributed by atoms with Crippen molar-refractivity contribution in [1.29, 1.82) is 0 Å². The molecule has 6 rings (SSSR count). The molecule has 1 unspecified atom stereocenters. The number of aryl methyl sites for hydroxylation is 2. The fourth-order valence-corrected chi connectivity index (χ4v) is 10.3. The van der Waals surface area contributed by atoms with Gasteiger partial charge in [-0.2, -0.15) is 5.10 Å². The van der Waals surface area contributed by atoms with E-state index in [2.05, 4.69) is 16.9 Å². The Morgan fingerprint density at radius 3 is 2.71 bits per heavy atom. The van der Waals surface area contributed by atoms with E-state index in [1.807, 2.05) is 38.1 Å². The number of aliphatic hydroxyl groups is 2. The van der Waals surface area contributed by atoms with Gasteiger partial charge in [-0.3, -0.25) is 4.98 Å². The molecule has 1 aliphatic heterocycles. The molecule has 0 aliphatic carbocycles. The smallest absolute Gasteiger partial charge is 0.198 e. The number of benzene rings is 2. The summed E-state index contributed by atoms with van der Waals surface area (Å²) in [7, 11) is -1.84. The van der Waals surface area contributed by atoms with E-state index >= 15 is 4.39 Å². The van der Waals surface area contributed by atoms with Crippen LogP contribution >= 0.6 is 0 Å². The molecular formula is C36H42FN5O5S2. The highest BCUT2D eigenvalue weighted by molar-refractivity contribution is 7.92. The van der Waals surface area contributed by atoms with Crippen LogP contribution in [0.4, 0.5) is 4.39 Å². The first-order valence-electron chi connectivity index (χ1n) is 16.4. The number of aliphatic hydroxyl groups excluding tert-OH is 2. The number of sulfone groups is 1. The summed E-state index contributed by atoms with van der Waals surface area (Å²) in [5.74, 6) is 0.0141. The van der Waals surface area contributed by atoms with Gasteiger partial charge in [-0.25, -0.2) is 22.5 Å². The molecule has 10 nitrogen and oxygen atoms in total. The highest BCUT2D eigenvalue weighted by Crippen LogP contribution is 2.40. The molecule has 2 aromatic carbocycles. The summed E-state index contributed by atoms with van der Waals surface area (Å²) >= 11 is -2.01. The number of nitrogens with one attached hydrogen (secondary N) is 1. The second-order valence-electron chi connectivity index (χ2n) is 14.1. The van der Waals surface area contributed by atoms with Gasteiger partial charge in [-0.05, 0) is 48.8 Å². The quantitative estimate of drug-likeness (QED) is 0.220. The molecule has 0 amide bonds. The summed E-state index contributed by atoms with van der Waals surface area (Å²) in [6.07, 6.45) is 4.43. The van der Waals surface area contributed by atoms with Crippen molar-refractivity contribution in [3.05, 3.63) is 89.3 Å². The number of fused-ring (bicyclic) bond motifs is 8. The van der Waals surface area contributed by atoms with Crippen LogP contribution in [0, 0.1) is 11.2 Å². The van der Waals surface area contributed by atoms with Crippen molar-refractivity contribution in [1.82, 2.24) is 24.7 Å². The molecule has 13 heteroatoms. The molecule has 0 saturated carbocycles. The minimum absolute atomic E-state index is 0.00950. The fourth-order valence-electron chi connectivity index (χ4n) is 6.96. The van der Waals surface area contributed by atoms with Crippen LogP contribution in [0.3, 0.4) is 0 Å². The minimum atomic E-state index is -3.60. The van der Waals surface area contributed by atoms with Crippen molar-refractivity contribution in [3.8, 4) is 11.5 Å². The molecule has 5 aromatic rings. The SMILES string of the molecule is Cn1nc2nc1-c1cc(ccn1)[S+]([O-])c1c(F)cc3[nH]ccc3c1CCS(=O)(=O)CC(C)(C)CCC[C@]2(C)c1cccc(C[C@@H](O)CO)c1. The number of halogens is 1. The van der Waals surface area contributed by atoms with Gasteiger partial charge < -0.3 is 19.7 Å². The van der Waals surface area contributed by atoms with Gasteiger partial charge in [0.1, 0.15) is 5.69 Å². The van der Waals surface area contributed by atoms with Crippen molar-refractivity contribution in [2.45, 2.75) is 74.2 Å². The van der Waals surface area contributed by atoms with Crippen LogP contribution in [0.15, 0.2) is 70.7 Å². The predicted octanol–water partition coefficient (Wildman–Crippen LogP) is 5.03. The largest absolute Gasteiger partial charge is 0.606 e. The number of H-pyrrole nitrogens is 1. The molecule has 260 valence electrons. The standard InChI is InChI=1S/C36H42FN5O5S2/c1-35(2)12-6-13-36(3,24-8-5-7-23(17-24)18-25(44)21-43)34-40-33(42(4)41-34)31-19-26(9-14-39-31)48(45)32-28(11-16-49(46,47)22-35)27-10-15-38-30(27)20-29(32)37/h5,7-10,14-15,17,19-20,25,38,43-44H,6,11-13,16,18,21-22H2,1-4H3/t25-,36-,48?/m1/s1. The van der Waals surface area contributed by atoms with E-state index in [9.17, 15) is 23.2 Å². The Morgan fingerprint density at radius 1 is 1.14 bits per heavy atom. The van der Waals surface area contributed by atoms with Crippen LogP contribution in [0.5, 0.6) is 0 Å². The maximum Gasteiger partial charge on any atom is 0.198 e. The number of pyridine rings is 1. The van der Waals surface area contributed by atoms with E-state index in [-0.39, 0.29) is 35.8 Å². The lowest BCUT2D eigenvalue weighted by atomic mass is 9.75. The third-order valence-electron chi connectivity index (χ3n) is 9.53. The monoisotopic (exact) mass is 707 g/mol. The fraction of sp³-hybridized carbons (Fsp3) is 0.417. The summed E-state index contributed by atoms with van der Waals surface area (Å²) < 4.78 is 59.0. The van der Waals surface area contributed by atoms with Crippen molar-refractivity contribution in [2.75, 3.05) is 18.1 Å². The molecule has 1 aliphatic rings. The summed E-state index contributed by atoms with van der Waals surface area (Å²) in [6.45, 7) is 5.59. The third kappa shape index (κ3) is 7.32. The van der Waals surface area contributed by atoms with Crippen molar-refractivity contribution < 1.29 is 27.6 Å². The van der Waals surface area contributed by atoms with Gasteiger partial charge in [0.05, 0.1) is 29.6 Å². The minimum Gasteiger partial charge on any atom is -0.606 e. The Kier molecular flexibility index (Phi) is 9.77. The Bertz CT molecular complexity index is 2100. The van der Waals surface area contributed by atoms with Crippen LogP contribution in [0.25, 0.3) is 22.4 Å². The molecule has 4 heterocycles. The molecule has 3 N–H and O–H groups in total. The molecule has 0 spiro atoms. The summed E-state index contributed by atoms with van der Waals surface area (Å²) in [5, 5.41) is 25.1. The number of nitrogens with zero attached hydrogens (tertiary/aromatic N) is 4. The summed E-state index contributed by atoms with van der Waals surface area (Å²) in [4.78, 5) is 12.8. The lowest BCUT2D eigenvalue weighted by Gasteiger charge is -2.31. The number of hydrogen-bond donors (Lipinski definition) is 3. The van der Waals surface area contributed by atoms with Crippen molar-refractivity contribution >= 4 is 31.9 Å². The van der Waals surface area contributed by atoms with Crippen LogP contribution < -0.4 is 0 Å². The lowest BCUT2D eigenvalue weighted by Crippen LogP contribution is -2.29. The van der Waals surface area contributed by atoms with Gasteiger partial charge in [0.15, 0.2) is 37.1 Å². The van der Waals surface area contributed by atoms with E-state index in [4.69, 9.17) is 10.1 Å². The summed E-state index contributed by atoms with van der Waals surface area (Å²) in [6, 6.07) is 14.0. The van der Waals surface area contributed by atoms with Gasteiger partial charge in [0.25, 0.3) is 0 Å². The van der Waals surface area contributed by atoms with E-state index in [0.29, 0.717) is 58.0 Å². The highest BCUT2D eigenvalue weighted by atomic mass is 32.2. The molecular weight excluding hydrogens is 666 g/mol. The van der Waals surface area contributed by atoms with Gasteiger partial charge in [-0.1, -0.05) is 44.5 Å². The molecule has 0 saturated heterocycles. The molecule has 0 fully saturated rings. The maximum absolute atomic E-state index is 15.8. The average Bonchev–Trinajstić information content (AvgIpc) is 3.69. The first kappa shape index (κ1) is 35.2. The van der Waals surface area contributed by atoms with E-state index in [1.54, 1.807) is 36.1 Å². The average molecular weight is 708 g/mol. The number of rotatable bonds is 4. The van der Waals surface area contributed by atoms with E-state index < -0.39 is 43.8 Å². The van der Waals surface area contributed by atoms with Gasteiger partial charge >= 0.3 is 0 Å². The second kappa shape index (κ2) is 13.6. The van der Waals surface area contributed by atoms with Gasteiger partial charge in [0, 0.05) is 71.7 Å². The number of aromatic nitrogens is 5. The van der Waals surface area contributed by atoms with Crippen molar-refractivity contribution in [2.24, 2.45) is 12.5 Å². The third-order valence-corrected chi connectivity index (χ3v) is 13.1. The van der Waals surface area contributed by atoms with Crippen LogP contribution in [-0.2, 0) is 46.3 Å². The molecule has 4 bridgehead atoms. The van der Waals surface area contributed by atoms with E-state index in [0.717, 1.165) is 11.1 Å². The Morgan fingerprint density at radius 2 is 1.94 bits per heavy atom. The van der Waals surface area contributed by atoms with E-state index in [1.165, 1.54) is 12.3 Å². The van der Waals surface area contributed by atoms with Gasteiger partial charge in [0.2, 0.25) is 0 Å². The summed E-state index contributed by atoms with van der Waals surface area (Å²) in [5.41, 5.74) is 1.79. The molecule has 0 radical (unpaired) electrons. The first-order chi connectivity index (χ1) is 23.2. The topological polar surface area (TPSA) is 157 Å². The Balaban J connectivity index is 1.50. The van der Waals surface area contributed by atoms with Crippen LogP contribution in [0.1, 0.15) is 62.5 Å². The predicted molar refractivity (Wildman–Crippen MR) is 187 cm³/mol. The molecule has 49 heavy (non-hydrogen) atoms. The highest BCUT2D eigenvalue weighted by Gasteiger charge is 2.37. The van der Waals surface area contributed by atoms with Crippen LogP contribution in [0.2, 0.25) is 0 Å². The van der Waals surface area contributed by atoms with Crippen molar-refractivity contribution in [3.63, 3.8) is 0 Å². The number of aromatic amines is 1. The zero-order valence-electron chi connectivity index (χ0n) is 28.1. The Hall–Kier alpha value is -3.62. The Labute approximate surface area is 288 Å². The normalized spacial score (nSPS) is 21.8. The zero-order chi connectivity index (χ0) is 35.1. The lowest BCUT2D eigenvalue weighted by molar-refractivity contribution is 0.0955. The second-order valence-corrected chi connectivity index (χ2v) is 17.7. The first-order valence-corrected chi connectivity index (χ1v) is 19.3. The molecule has 3 aromatic heterocycles. The maximum atomic E-state index is 15.8. The zero-order valence-corrected chi connectivity index (χ0v) is 29.7.